The number of rotatable bonds is 3. The monoisotopic (exact) mass is 264 g/mol. The average Bonchev–Trinajstić information content (AvgIpc) is 2.47. The lowest BCUT2D eigenvalue weighted by atomic mass is 10.1. The molecule has 0 radical (unpaired) electrons. The van der Waals surface area contributed by atoms with E-state index in [1.165, 1.54) is 5.56 Å². The van der Waals surface area contributed by atoms with Gasteiger partial charge < -0.3 is 0 Å². The first-order valence-corrected chi connectivity index (χ1v) is 6.74. The molecule has 0 aliphatic carbocycles. The zero-order valence-electron chi connectivity index (χ0n) is 11.4. The summed E-state index contributed by atoms with van der Waals surface area (Å²) in [4.78, 5) is 16.5. The molecule has 0 bridgehead atoms. The summed E-state index contributed by atoms with van der Waals surface area (Å²) >= 11 is 0. The molecule has 0 unspecified atom stereocenters. The Bertz CT molecular complexity index is 791. The van der Waals surface area contributed by atoms with Gasteiger partial charge in [0.1, 0.15) is 5.65 Å². The molecule has 0 saturated heterocycles. The summed E-state index contributed by atoms with van der Waals surface area (Å²) in [6.07, 6.45) is 2.64. The van der Waals surface area contributed by atoms with E-state index in [4.69, 9.17) is 0 Å². The minimum absolute atomic E-state index is 0.00443. The second-order valence-electron chi connectivity index (χ2n) is 4.98. The summed E-state index contributed by atoms with van der Waals surface area (Å²) in [6.45, 7) is 2.65. The van der Waals surface area contributed by atoms with E-state index in [9.17, 15) is 4.79 Å². The molecule has 0 atom stereocenters. The molecule has 0 aliphatic rings. The first kappa shape index (κ1) is 12.6. The van der Waals surface area contributed by atoms with Gasteiger partial charge in [0.25, 0.3) is 5.56 Å². The fraction of sp³-hybridized carbons (Fsp3) is 0.176. The van der Waals surface area contributed by atoms with Crippen molar-refractivity contribution < 1.29 is 0 Å². The highest BCUT2D eigenvalue weighted by Gasteiger charge is 2.04. The fourth-order valence-electron chi connectivity index (χ4n) is 2.39. The Morgan fingerprint density at radius 1 is 1.10 bits per heavy atom. The summed E-state index contributed by atoms with van der Waals surface area (Å²) in [5.74, 6) is 0. The van der Waals surface area contributed by atoms with Crippen molar-refractivity contribution in [3.63, 3.8) is 0 Å². The topological polar surface area (TPSA) is 34.9 Å². The zero-order valence-corrected chi connectivity index (χ0v) is 11.4. The Hall–Kier alpha value is -2.42. The Labute approximate surface area is 117 Å². The molecule has 100 valence electrons. The number of fused-ring (bicyclic) bond motifs is 1. The first-order valence-electron chi connectivity index (χ1n) is 6.74. The van der Waals surface area contributed by atoms with Crippen molar-refractivity contribution in [3.05, 3.63) is 76.2 Å². The van der Waals surface area contributed by atoms with Gasteiger partial charge >= 0.3 is 0 Å². The minimum Gasteiger partial charge on any atom is -0.292 e. The van der Waals surface area contributed by atoms with Gasteiger partial charge in [0, 0.05) is 24.2 Å². The van der Waals surface area contributed by atoms with E-state index in [0.717, 1.165) is 23.0 Å². The van der Waals surface area contributed by atoms with Crippen LogP contribution < -0.4 is 5.56 Å². The van der Waals surface area contributed by atoms with Crippen molar-refractivity contribution >= 4 is 11.0 Å². The Kier molecular flexibility index (Phi) is 3.33. The molecule has 3 rings (SSSR count). The quantitative estimate of drug-likeness (QED) is 0.729. The van der Waals surface area contributed by atoms with Crippen LogP contribution in [0.2, 0.25) is 0 Å². The molecule has 0 spiro atoms. The number of aromatic nitrogens is 2. The highest BCUT2D eigenvalue weighted by atomic mass is 16.1. The van der Waals surface area contributed by atoms with Crippen LogP contribution in [0, 0.1) is 6.92 Å². The summed E-state index contributed by atoms with van der Waals surface area (Å²) in [6, 6.07) is 15.7. The molecular weight excluding hydrogens is 248 g/mol. The SMILES string of the molecule is Cc1cnc2c(ccc(=O)n2CCc2ccccc2)c1. The van der Waals surface area contributed by atoms with Crippen LogP contribution in [0.25, 0.3) is 11.0 Å². The van der Waals surface area contributed by atoms with Gasteiger partial charge in [-0.05, 0) is 36.6 Å². The molecule has 2 aromatic heterocycles. The van der Waals surface area contributed by atoms with Crippen LogP contribution in [0.3, 0.4) is 0 Å². The van der Waals surface area contributed by atoms with Crippen LogP contribution in [0.4, 0.5) is 0 Å². The molecule has 1 aromatic carbocycles. The molecule has 0 fully saturated rings. The van der Waals surface area contributed by atoms with Gasteiger partial charge in [-0.15, -0.1) is 0 Å². The van der Waals surface area contributed by atoms with E-state index in [1.807, 2.05) is 31.2 Å². The highest BCUT2D eigenvalue weighted by Crippen LogP contribution is 2.11. The van der Waals surface area contributed by atoms with Gasteiger partial charge in [-0.3, -0.25) is 9.36 Å². The van der Waals surface area contributed by atoms with Crippen LogP contribution in [0.1, 0.15) is 11.1 Å². The summed E-state index contributed by atoms with van der Waals surface area (Å²) in [7, 11) is 0. The average molecular weight is 264 g/mol. The lowest BCUT2D eigenvalue weighted by molar-refractivity contribution is 0.688. The van der Waals surface area contributed by atoms with Gasteiger partial charge in [-0.1, -0.05) is 30.3 Å². The van der Waals surface area contributed by atoms with E-state index in [2.05, 4.69) is 23.2 Å². The normalized spacial score (nSPS) is 10.8. The van der Waals surface area contributed by atoms with Crippen LogP contribution >= 0.6 is 0 Å². The second kappa shape index (κ2) is 5.29. The fourth-order valence-corrected chi connectivity index (χ4v) is 2.39. The van der Waals surface area contributed by atoms with Gasteiger partial charge in [0.15, 0.2) is 0 Å². The molecular formula is C17H16N2O. The molecule has 0 saturated carbocycles. The Morgan fingerprint density at radius 3 is 2.70 bits per heavy atom. The number of hydrogen-bond donors (Lipinski definition) is 0. The number of nitrogens with zero attached hydrogens (tertiary/aromatic N) is 2. The number of aryl methyl sites for hydroxylation is 3. The molecule has 20 heavy (non-hydrogen) atoms. The molecule has 3 heteroatoms. The third-order valence-electron chi connectivity index (χ3n) is 3.43. The van der Waals surface area contributed by atoms with Crippen LogP contribution in [-0.4, -0.2) is 9.55 Å². The predicted octanol–water partition coefficient (Wildman–Crippen LogP) is 2.95. The standard InChI is InChI=1S/C17H16N2O/c1-13-11-15-7-8-16(20)19(17(15)18-12-13)10-9-14-5-3-2-4-6-14/h2-8,11-12H,9-10H2,1H3. The van der Waals surface area contributed by atoms with Crippen LogP contribution in [0.5, 0.6) is 0 Å². The number of pyridine rings is 2. The van der Waals surface area contributed by atoms with Gasteiger partial charge in [-0.2, -0.15) is 0 Å². The van der Waals surface area contributed by atoms with Crippen molar-refractivity contribution in [2.75, 3.05) is 0 Å². The van der Waals surface area contributed by atoms with Crippen molar-refractivity contribution in [2.24, 2.45) is 0 Å². The van der Waals surface area contributed by atoms with E-state index in [0.29, 0.717) is 6.54 Å². The molecule has 0 aliphatic heterocycles. The Morgan fingerprint density at radius 2 is 1.90 bits per heavy atom. The summed E-state index contributed by atoms with van der Waals surface area (Å²) < 4.78 is 1.75. The van der Waals surface area contributed by atoms with Gasteiger partial charge in [-0.25, -0.2) is 4.98 Å². The molecule has 0 amide bonds. The smallest absolute Gasteiger partial charge is 0.252 e. The van der Waals surface area contributed by atoms with E-state index in [1.54, 1.807) is 16.8 Å². The maximum Gasteiger partial charge on any atom is 0.252 e. The summed E-state index contributed by atoms with van der Waals surface area (Å²) in [5, 5.41) is 1.01. The largest absolute Gasteiger partial charge is 0.292 e. The maximum atomic E-state index is 12.1. The van der Waals surface area contributed by atoms with Crippen LogP contribution in [-0.2, 0) is 13.0 Å². The van der Waals surface area contributed by atoms with Gasteiger partial charge in [0.05, 0.1) is 0 Å². The van der Waals surface area contributed by atoms with Gasteiger partial charge in [0.2, 0.25) is 0 Å². The first-order chi connectivity index (χ1) is 9.74. The number of benzene rings is 1. The third-order valence-corrected chi connectivity index (χ3v) is 3.43. The molecule has 3 nitrogen and oxygen atoms in total. The van der Waals surface area contributed by atoms with Crippen molar-refractivity contribution in [2.45, 2.75) is 19.9 Å². The summed E-state index contributed by atoms with van der Waals surface area (Å²) in [5.41, 5.74) is 3.10. The lowest BCUT2D eigenvalue weighted by Crippen LogP contribution is -2.21. The molecule has 0 N–H and O–H groups in total. The Balaban J connectivity index is 1.98. The van der Waals surface area contributed by atoms with E-state index in [-0.39, 0.29) is 5.56 Å². The maximum absolute atomic E-state index is 12.1. The lowest BCUT2D eigenvalue weighted by Gasteiger charge is -2.09. The van der Waals surface area contributed by atoms with E-state index >= 15 is 0 Å². The van der Waals surface area contributed by atoms with Crippen molar-refractivity contribution in [1.29, 1.82) is 0 Å². The highest BCUT2D eigenvalue weighted by molar-refractivity contribution is 5.75. The minimum atomic E-state index is 0.00443. The predicted molar refractivity (Wildman–Crippen MR) is 80.9 cm³/mol. The number of hydrogen-bond acceptors (Lipinski definition) is 2. The molecule has 2 heterocycles. The third kappa shape index (κ3) is 2.48. The van der Waals surface area contributed by atoms with Crippen LogP contribution in [0.15, 0.2) is 59.5 Å². The second-order valence-corrected chi connectivity index (χ2v) is 4.98. The van der Waals surface area contributed by atoms with Crippen molar-refractivity contribution in [1.82, 2.24) is 9.55 Å². The van der Waals surface area contributed by atoms with Crippen molar-refractivity contribution in [3.8, 4) is 0 Å². The van der Waals surface area contributed by atoms with E-state index < -0.39 is 0 Å². The molecule has 3 aromatic rings. The zero-order chi connectivity index (χ0) is 13.9.